The van der Waals surface area contributed by atoms with Crippen molar-refractivity contribution in [1.82, 2.24) is 15.0 Å². The molecule has 4 nitrogen and oxygen atoms in total. The van der Waals surface area contributed by atoms with Crippen LogP contribution in [-0.4, -0.2) is 15.0 Å². The monoisotopic (exact) mass is 288 g/mol. The van der Waals surface area contributed by atoms with Crippen molar-refractivity contribution in [1.29, 1.82) is 0 Å². The average molecular weight is 289 g/mol. The van der Waals surface area contributed by atoms with Crippen LogP contribution in [0.1, 0.15) is 53.8 Å². The number of rotatable bonds is 2. The third-order valence-corrected chi connectivity index (χ3v) is 3.92. The van der Waals surface area contributed by atoms with Gasteiger partial charge in [-0.05, 0) is 37.3 Å². The second kappa shape index (κ2) is 5.37. The first-order chi connectivity index (χ1) is 9.65. The van der Waals surface area contributed by atoms with Crippen LogP contribution in [0.15, 0.2) is 24.3 Å². The fourth-order valence-electron chi connectivity index (χ4n) is 2.78. The van der Waals surface area contributed by atoms with E-state index in [1.165, 1.54) is 11.1 Å². The highest BCUT2D eigenvalue weighted by atomic mass is 35.5. The lowest BCUT2D eigenvalue weighted by atomic mass is 9.82. The van der Waals surface area contributed by atoms with Gasteiger partial charge in [-0.3, -0.25) is 0 Å². The molecular weight excluding hydrogens is 272 g/mol. The van der Waals surface area contributed by atoms with Gasteiger partial charge < -0.3 is 5.73 Å². The van der Waals surface area contributed by atoms with Gasteiger partial charge in [0.15, 0.2) is 5.82 Å². The van der Waals surface area contributed by atoms with Crippen molar-refractivity contribution in [2.75, 3.05) is 5.73 Å². The highest BCUT2D eigenvalue weighted by Gasteiger charge is 2.25. The lowest BCUT2D eigenvalue weighted by Gasteiger charge is -2.24. The van der Waals surface area contributed by atoms with E-state index in [4.69, 9.17) is 17.3 Å². The Balaban J connectivity index is 2.06. The molecule has 2 atom stereocenters. The Labute approximate surface area is 123 Å². The molecule has 0 amide bonds. The van der Waals surface area contributed by atoms with Gasteiger partial charge in [0, 0.05) is 5.92 Å². The van der Waals surface area contributed by atoms with Crippen LogP contribution in [0, 0.1) is 0 Å². The Morgan fingerprint density at radius 2 is 2.05 bits per heavy atom. The quantitative estimate of drug-likeness (QED) is 0.862. The molecule has 1 aromatic heterocycles. The minimum absolute atomic E-state index is 0.194. The number of hydrogen-bond acceptors (Lipinski definition) is 4. The van der Waals surface area contributed by atoms with Crippen molar-refractivity contribution in [3.63, 3.8) is 0 Å². The first-order valence-electron chi connectivity index (χ1n) is 6.88. The van der Waals surface area contributed by atoms with Crippen LogP contribution in [0.25, 0.3) is 0 Å². The molecule has 3 rings (SSSR count). The topological polar surface area (TPSA) is 64.7 Å². The summed E-state index contributed by atoms with van der Waals surface area (Å²) in [6.45, 7) is 1.84. The van der Waals surface area contributed by atoms with Gasteiger partial charge in [0.05, 0.1) is 5.38 Å². The minimum atomic E-state index is -0.266. The normalized spacial score (nSPS) is 19.4. The first kappa shape index (κ1) is 13.3. The summed E-state index contributed by atoms with van der Waals surface area (Å²) in [4.78, 5) is 13.0. The zero-order valence-corrected chi connectivity index (χ0v) is 12.1. The van der Waals surface area contributed by atoms with Crippen molar-refractivity contribution in [3.8, 4) is 0 Å². The van der Waals surface area contributed by atoms with Crippen LogP contribution < -0.4 is 5.73 Å². The molecule has 0 radical (unpaired) electrons. The van der Waals surface area contributed by atoms with E-state index in [2.05, 4.69) is 39.2 Å². The van der Waals surface area contributed by atoms with E-state index in [1.54, 1.807) is 0 Å². The Morgan fingerprint density at radius 1 is 1.25 bits per heavy atom. The fourth-order valence-corrected chi connectivity index (χ4v) is 2.88. The van der Waals surface area contributed by atoms with Crippen molar-refractivity contribution < 1.29 is 0 Å². The van der Waals surface area contributed by atoms with Gasteiger partial charge in [-0.25, -0.2) is 4.98 Å². The number of nitrogens with zero attached hydrogens (tertiary/aromatic N) is 3. The van der Waals surface area contributed by atoms with Crippen molar-refractivity contribution in [2.45, 2.75) is 37.5 Å². The van der Waals surface area contributed by atoms with Crippen LogP contribution in [0.2, 0.25) is 0 Å². The van der Waals surface area contributed by atoms with E-state index >= 15 is 0 Å². The van der Waals surface area contributed by atoms with E-state index in [9.17, 15) is 0 Å². The van der Waals surface area contributed by atoms with Crippen LogP contribution in [0.3, 0.4) is 0 Å². The van der Waals surface area contributed by atoms with Gasteiger partial charge >= 0.3 is 0 Å². The van der Waals surface area contributed by atoms with Crippen LogP contribution in [0.5, 0.6) is 0 Å². The summed E-state index contributed by atoms with van der Waals surface area (Å²) in [6.07, 6.45) is 3.29. The number of hydrogen-bond donors (Lipinski definition) is 1. The second-order valence-electron chi connectivity index (χ2n) is 5.17. The number of aryl methyl sites for hydroxylation is 1. The molecule has 1 aromatic carbocycles. The summed E-state index contributed by atoms with van der Waals surface area (Å²) in [5.74, 6) is 1.74. The molecule has 0 bridgehead atoms. The minimum Gasteiger partial charge on any atom is -0.368 e. The number of nitrogen functional groups attached to an aromatic ring is 1. The molecule has 0 fully saturated rings. The summed E-state index contributed by atoms with van der Waals surface area (Å²) in [5, 5.41) is -0.266. The average Bonchev–Trinajstić information content (AvgIpc) is 2.46. The molecule has 20 heavy (non-hydrogen) atoms. The molecule has 2 N–H and O–H groups in total. The molecule has 0 aliphatic heterocycles. The zero-order chi connectivity index (χ0) is 14.1. The van der Waals surface area contributed by atoms with E-state index in [1.807, 2.05) is 6.92 Å². The number of aromatic nitrogens is 3. The summed E-state index contributed by atoms with van der Waals surface area (Å²) in [6, 6.07) is 8.47. The van der Waals surface area contributed by atoms with E-state index in [-0.39, 0.29) is 17.2 Å². The highest BCUT2D eigenvalue weighted by Crippen LogP contribution is 2.35. The van der Waals surface area contributed by atoms with Crippen molar-refractivity contribution in [2.24, 2.45) is 0 Å². The lowest BCUT2D eigenvalue weighted by Crippen LogP contribution is -2.16. The van der Waals surface area contributed by atoms with Gasteiger partial charge in [0.25, 0.3) is 0 Å². The largest absolute Gasteiger partial charge is 0.368 e. The van der Waals surface area contributed by atoms with Crippen LogP contribution in [-0.2, 0) is 6.42 Å². The van der Waals surface area contributed by atoms with Gasteiger partial charge in [-0.1, -0.05) is 24.3 Å². The fraction of sp³-hybridized carbons (Fsp3) is 0.400. The third-order valence-electron chi connectivity index (χ3n) is 3.72. The smallest absolute Gasteiger partial charge is 0.223 e. The Morgan fingerprint density at radius 3 is 2.85 bits per heavy atom. The molecule has 1 aliphatic rings. The standard InChI is InChI=1S/C15H17ClN4/c1-9(16)13-18-14(20-15(17)19-13)12-8-4-6-10-5-2-3-7-11(10)12/h2-3,5,7,9,12H,4,6,8H2,1H3,(H2,17,18,19,20)/t9-,12?/m0/s1. The molecular formula is C15H17ClN4. The molecule has 1 aliphatic carbocycles. The Bertz CT molecular complexity index is 627. The summed E-state index contributed by atoms with van der Waals surface area (Å²) in [5.41, 5.74) is 8.48. The number of alkyl halides is 1. The molecule has 1 heterocycles. The number of benzene rings is 1. The maximum Gasteiger partial charge on any atom is 0.223 e. The van der Waals surface area contributed by atoms with E-state index in [0.717, 1.165) is 25.1 Å². The first-order valence-corrected chi connectivity index (χ1v) is 7.32. The van der Waals surface area contributed by atoms with Gasteiger partial charge in [0.2, 0.25) is 5.95 Å². The molecule has 1 unspecified atom stereocenters. The van der Waals surface area contributed by atoms with Crippen LogP contribution in [0.4, 0.5) is 5.95 Å². The maximum absolute atomic E-state index is 6.08. The van der Waals surface area contributed by atoms with Crippen molar-refractivity contribution in [3.05, 3.63) is 47.0 Å². The summed E-state index contributed by atoms with van der Waals surface area (Å²) in [7, 11) is 0. The van der Waals surface area contributed by atoms with E-state index in [0.29, 0.717) is 5.82 Å². The number of halogens is 1. The number of fused-ring (bicyclic) bond motifs is 1. The van der Waals surface area contributed by atoms with Gasteiger partial charge in [-0.2, -0.15) is 9.97 Å². The molecule has 0 saturated carbocycles. The summed E-state index contributed by atoms with van der Waals surface area (Å²) >= 11 is 6.08. The highest BCUT2D eigenvalue weighted by molar-refractivity contribution is 6.20. The van der Waals surface area contributed by atoms with Gasteiger partial charge in [-0.15, -0.1) is 11.6 Å². The van der Waals surface area contributed by atoms with Crippen LogP contribution >= 0.6 is 11.6 Å². The Kier molecular flexibility index (Phi) is 3.57. The third kappa shape index (κ3) is 2.48. The summed E-state index contributed by atoms with van der Waals surface area (Å²) < 4.78 is 0. The van der Waals surface area contributed by atoms with Crippen molar-refractivity contribution >= 4 is 17.5 Å². The molecule has 104 valence electrons. The predicted molar refractivity (Wildman–Crippen MR) is 79.7 cm³/mol. The van der Waals surface area contributed by atoms with Gasteiger partial charge in [0.1, 0.15) is 5.82 Å². The molecule has 0 saturated heterocycles. The Hall–Kier alpha value is -1.68. The molecule has 2 aromatic rings. The zero-order valence-electron chi connectivity index (χ0n) is 11.4. The number of anilines is 1. The van der Waals surface area contributed by atoms with E-state index < -0.39 is 0 Å². The molecule has 0 spiro atoms. The lowest BCUT2D eigenvalue weighted by molar-refractivity contribution is 0.584. The SMILES string of the molecule is C[C@H](Cl)c1nc(N)nc(C2CCCc3ccccc32)n1. The molecule has 5 heteroatoms. The second-order valence-corrected chi connectivity index (χ2v) is 5.82. The maximum atomic E-state index is 6.08. The predicted octanol–water partition coefficient (Wildman–Crippen LogP) is 3.22. The number of nitrogens with two attached hydrogens (primary N) is 1.